The summed E-state index contributed by atoms with van der Waals surface area (Å²) < 4.78 is 27.9. The average molecular weight is 419 g/mol. The Morgan fingerprint density at radius 1 is 1.18 bits per heavy atom. The van der Waals surface area contributed by atoms with Crippen molar-refractivity contribution in [3.05, 3.63) is 53.6 Å². The van der Waals surface area contributed by atoms with Crippen LogP contribution >= 0.6 is 11.6 Å². The molecule has 1 unspecified atom stereocenters. The zero-order valence-corrected chi connectivity index (χ0v) is 16.5. The lowest BCUT2D eigenvalue weighted by Gasteiger charge is -2.34. The fourth-order valence-electron chi connectivity index (χ4n) is 3.50. The highest BCUT2D eigenvalue weighted by Gasteiger charge is 2.37. The van der Waals surface area contributed by atoms with E-state index in [1.54, 1.807) is 18.3 Å². The Morgan fingerprint density at radius 3 is 2.68 bits per heavy atom. The summed E-state index contributed by atoms with van der Waals surface area (Å²) in [7, 11) is -3.72. The monoisotopic (exact) mass is 418 g/mol. The molecule has 2 aromatic heterocycles. The number of sulfonamides is 1. The molecule has 1 aliphatic heterocycles. The van der Waals surface area contributed by atoms with Crippen molar-refractivity contribution in [2.75, 3.05) is 12.3 Å². The summed E-state index contributed by atoms with van der Waals surface area (Å²) in [6.07, 6.45) is 6.66. The third-order valence-electron chi connectivity index (χ3n) is 4.84. The highest BCUT2D eigenvalue weighted by atomic mass is 35.5. The van der Waals surface area contributed by atoms with Gasteiger partial charge in [-0.15, -0.1) is 0 Å². The molecule has 1 atom stereocenters. The van der Waals surface area contributed by atoms with E-state index in [4.69, 9.17) is 17.3 Å². The van der Waals surface area contributed by atoms with Crippen molar-refractivity contribution < 1.29 is 8.42 Å². The topological polar surface area (TPSA) is 118 Å². The molecule has 146 valence electrons. The second-order valence-corrected chi connectivity index (χ2v) is 8.92. The number of hydrogen-bond acceptors (Lipinski definition) is 6. The lowest BCUT2D eigenvalue weighted by molar-refractivity contribution is 0.252. The van der Waals surface area contributed by atoms with Crippen molar-refractivity contribution >= 4 is 27.6 Å². The van der Waals surface area contributed by atoms with E-state index in [1.807, 2.05) is 12.1 Å². The molecule has 1 aromatic carbocycles. The van der Waals surface area contributed by atoms with Gasteiger partial charge in [-0.3, -0.25) is 5.10 Å². The van der Waals surface area contributed by atoms with Crippen LogP contribution in [0.25, 0.3) is 11.1 Å². The van der Waals surface area contributed by atoms with Gasteiger partial charge in [0.05, 0.1) is 17.9 Å². The molecule has 0 bridgehead atoms. The molecule has 3 aromatic rings. The van der Waals surface area contributed by atoms with Gasteiger partial charge in [-0.05, 0) is 30.5 Å². The summed E-state index contributed by atoms with van der Waals surface area (Å²) in [5.74, 6) is 0.110. The number of rotatable bonds is 4. The Labute approximate surface area is 167 Å². The van der Waals surface area contributed by atoms with Gasteiger partial charge in [0.15, 0.2) is 0 Å². The number of piperidine rings is 1. The fourth-order valence-corrected chi connectivity index (χ4v) is 5.19. The van der Waals surface area contributed by atoms with E-state index in [2.05, 4.69) is 20.2 Å². The highest BCUT2D eigenvalue weighted by Crippen LogP contribution is 2.38. The second-order valence-electron chi connectivity index (χ2n) is 6.60. The first-order valence-electron chi connectivity index (χ1n) is 8.86. The Balaban J connectivity index is 1.82. The van der Waals surface area contributed by atoms with E-state index in [1.165, 1.54) is 16.7 Å². The quantitative estimate of drug-likeness (QED) is 0.672. The zero-order chi connectivity index (χ0) is 19.7. The molecule has 3 N–H and O–H groups in total. The van der Waals surface area contributed by atoms with Gasteiger partial charge in [0.2, 0.25) is 16.0 Å². The molecule has 0 saturated carbocycles. The summed E-state index contributed by atoms with van der Waals surface area (Å²) in [4.78, 5) is 8.70. The number of halogens is 1. The van der Waals surface area contributed by atoms with Crippen LogP contribution < -0.4 is 5.73 Å². The van der Waals surface area contributed by atoms with Crippen molar-refractivity contribution in [1.82, 2.24) is 24.5 Å². The second kappa shape index (κ2) is 7.50. The van der Waals surface area contributed by atoms with Gasteiger partial charge in [0.1, 0.15) is 4.90 Å². The summed E-state index contributed by atoms with van der Waals surface area (Å²) in [6.45, 7) is 0.405. The molecule has 0 aliphatic carbocycles. The number of H-pyrrole nitrogens is 1. The Hall–Kier alpha value is -2.49. The first-order chi connectivity index (χ1) is 13.5. The van der Waals surface area contributed by atoms with Crippen molar-refractivity contribution in [1.29, 1.82) is 0 Å². The molecule has 1 aliphatic rings. The molecular formula is C18H19ClN6O2S. The lowest BCUT2D eigenvalue weighted by atomic mass is 9.95. The smallest absolute Gasteiger partial charge is 0.246 e. The van der Waals surface area contributed by atoms with Crippen LogP contribution in [0.2, 0.25) is 5.02 Å². The molecule has 1 saturated heterocycles. The van der Waals surface area contributed by atoms with E-state index in [0.29, 0.717) is 23.7 Å². The number of benzene rings is 1. The van der Waals surface area contributed by atoms with Crippen LogP contribution in [0.15, 0.2) is 47.8 Å². The molecule has 0 radical (unpaired) electrons. The van der Waals surface area contributed by atoms with Crippen LogP contribution in [0.4, 0.5) is 5.95 Å². The van der Waals surface area contributed by atoms with Gasteiger partial charge in [0, 0.05) is 29.5 Å². The van der Waals surface area contributed by atoms with Gasteiger partial charge in [0.25, 0.3) is 0 Å². The third kappa shape index (κ3) is 3.48. The minimum Gasteiger partial charge on any atom is -0.368 e. The molecule has 28 heavy (non-hydrogen) atoms. The van der Waals surface area contributed by atoms with Crippen molar-refractivity contribution in [2.24, 2.45) is 0 Å². The number of hydrogen-bond donors (Lipinski definition) is 2. The summed E-state index contributed by atoms with van der Waals surface area (Å²) in [6, 6.07) is 6.83. The van der Waals surface area contributed by atoms with E-state index in [-0.39, 0.29) is 10.8 Å². The Kier molecular flexibility index (Phi) is 5.05. The van der Waals surface area contributed by atoms with Crippen molar-refractivity contribution in [3.63, 3.8) is 0 Å². The Bertz CT molecular complexity index is 1070. The standard InChI is InChI=1S/C18H19ClN6O2S/c19-13-6-4-12(5-7-13)15-11-21-18(20)24-17(15)16-3-1-2-8-25(16)28(26,27)14-9-22-23-10-14/h4-7,9-11,16H,1-3,8H2,(H,22,23)(H2,20,21,24). The number of anilines is 1. The van der Waals surface area contributed by atoms with Crippen LogP contribution in [0, 0.1) is 0 Å². The third-order valence-corrected chi connectivity index (χ3v) is 6.97. The number of nitrogens with zero attached hydrogens (tertiary/aromatic N) is 4. The summed E-state index contributed by atoms with van der Waals surface area (Å²) in [5, 5.41) is 6.96. The number of aromatic nitrogens is 4. The maximum absolute atomic E-state index is 13.2. The predicted octanol–water partition coefficient (Wildman–Crippen LogP) is 3.02. The highest BCUT2D eigenvalue weighted by molar-refractivity contribution is 7.89. The lowest BCUT2D eigenvalue weighted by Crippen LogP contribution is -2.39. The molecule has 4 rings (SSSR count). The van der Waals surface area contributed by atoms with E-state index >= 15 is 0 Å². The van der Waals surface area contributed by atoms with Crippen LogP contribution in [-0.4, -0.2) is 39.4 Å². The van der Waals surface area contributed by atoms with Crippen LogP contribution in [0.3, 0.4) is 0 Å². The molecule has 0 amide bonds. The van der Waals surface area contributed by atoms with Crippen LogP contribution in [-0.2, 0) is 10.0 Å². The van der Waals surface area contributed by atoms with E-state index in [9.17, 15) is 8.42 Å². The van der Waals surface area contributed by atoms with Crippen molar-refractivity contribution in [2.45, 2.75) is 30.2 Å². The van der Waals surface area contributed by atoms with E-state index in [0.717, 1.165) is 24.0 Å². The number of nitrogens with two attached hydrogens (primary N) is 1. The average Bonchev–Trinajstić information content (AvgIpc) is 3.24. The molecular weight excluding hydrogens is 400 g/mol. The largest absolute Gasteiger partial charge is 0.368 e. The molecule has 10 heteroatoms. The maximum Gasteiger partial charge on any atom is 0.246 e. The predicted molar refractivity (Wildman–Crippen MR) is 106 cm³/mol. The van der Waals surface area contributed by atoms with Gasteiger partial charge in [-0.25, -0.2) is 18.4 Å². The first kappa shape index (κ1) is 18.9. The number of nitrogen functional groups attached to an aromatic ring is 1. The number of nitrogens with one attached hydrogen (secondary N) is 1. The minimum absolute atomic E-state index is 0.110. The van der Waals surface area contributed by atoms with Gasteiger partial charge >= 0.3 is 0 Å². The number of aromatic amines is 1. The minimum atomic E-state index is -3.72. The normalized spacial score (nSPS) is 18.2. The molecule has 1 fully saturated rings. The molecule has 0 spiro atoms. The van der Waals surface area contributed by atoms with Crippen LogP contribution in [0.1, 0.15) is 31.0 Å². The molecule has 8 nitrogen and oxygen atoms in total. The summed E-state index contributed by atoms with van der Waals surface area (Å²) >= 11 is 6.01. The van der Waals surface area contributed by atoms with Crippen molar-refractivity contribution in [3.8, 4) is 11.1 Å². The fraction of sp³-hybridized carbons (Fsp3) is 0.278. The Morgan fingerprint density at radius 2 is 1.96 bits per heavy atom. The van der Waals surface area contributed by atoms with Gasteiger partial charge in [-0.2, -0.15) is 9.40 Å². The summed E-state index contributed by atoms with van der Waals surface area (Å²) in [5.41, 5.74) is 8.05. The maximum atomic E-state index is 13.2. The van der Waals surface area contributed by atoms with Gasteiger partial charge in [-0.1, -0.05) is 30.2 Å². The first-order valence-corrected chi connectivity index (χ1v) is 10.7. The zero-order valence-electron chi connectivity index (χ0n) is 14.9. The van der Waals surface area contributed by atoms with Gasteiger partial charge < -0.3 is 5.73 Å². The molecule has 3 heterocycles. The SMILES string of the molecule is Nc1ncc(-c2ccc(Cl)cc2)c(C2CCCCN2S(=O)(=O)c2cn[nH]c2)n1. The van der Waals surface area contributed by atoms with Crippen LogP contribution in [0.5, 0.6) is 0 Å². The van der Waals surface area contributed by atoms with E-state index < -0.39 is 16.1 Å².